The van der Waals surface area contributed by atoms with Crippen LogP contribution >= 0.6 is 0 Å². The summed E-state index contributed by atoms with van der Waals surface area (Å²) in [7, 11) is 0. The zero-order valence-electron chi connectivity index (χ0n) is 2.56. The molecule has 0 unspecified atom stereocenters. The average Bonchev–Trinajstić information content (AvgIpc) is 1.00. The summed E-state index contributed by atoms with van der Waals surface area (Å²) in [6.45, 7) is 0. The third-order valence-electron chi connectivity index (χ3n) is 0. The molecule has 0 heterocycles. The Morgan fingerprint density at radius 3 is 1.25 bits per heavy atom. The first-order valence-electron chi connectivity index (χ1n) is 0.289. The summed E-state index contributed by atoms with van der Waals surface area (Å²) >= 11 is 0. The fourth-order valence-electron chi connectivity index (χ4n) is 0. The van der Waals surface area contributed by atoms with Gasteiger partial charge in [0.2, 0.25) is 0 Å². The van der Waals surface area contributed by atoms with Crippen molar-refractivity contribution in [2.75, 3.05) is 0 Å². The molecule has 0 radical (unpaired) electrons. The van der Waals surface area contributed by atoms with Crippen LogP contribution in [0.1, 0.15) is 0 Å². The van der Waals surface area contributed by atoms with Crippen LogP contribution in [0.5, 0.6) is 0 Å². The van der Waals surface area contributed by atoms with Gasteiger partial charge in [-0.25, -0.2) is 0 Å². The van der Waals surface area contributed by atoms with Crippen LogP contribution < -0.4 is 35.5 Å². The summed E-state index contributed by atoms with van der Waals surface area (Å²) in [4.78, 5) is 0. The van der Waals surface area contributed by atoms with Crippen LogP contribution in [-0.2, 0) is 0 Å². The van der Waals surface area contributed by atoms with E-state index < -0.39 is 0 Å². The Morgan fingerprint density at radius 1 is 1.25 bits per heavy atom. The Morgan fingerprint density at radius 2 is 1.25 bits per heavy atom. The molecule has 0 bridgehead atoms. The topological polar surface area (TPSA) is 80.7 Å². The molecule has 0 saturated carbocycles. The van der Waals surface area contributed by atoms with E-state index in [9.17, 15) is 0 Å². The van der Waals surface area contributed by atoms with Crippen molar-refractivity contribution < 1.29 is 40.9 Å². The van der Waals surface area contributed by atoms with Crippen molar-refractivity contribution in [3.8, 4) is 0 Å². The van der Waals surface area contributed by atoms with E-state index >= 15 is 0 Å². The largest absolute Gasteiger partial charge is 1.00 e. The van der Waals surface area contributed by atoms with Gasteiger partial charge in [0, 0.05) is 0 Å². The Balaban J connectivity index is -0.00000000500. The second kappa shape index (κ2) is 41.6. The third-order valence-corrected chi connectivity index (χ3v) is 0. The molecule has 0 fully saturated rings. The molecule has 3 nitrogen and oxygen atoms in total. The standard InChI is InChI=1S/H3NO.Na.H2O/c1-2;;/h1H3;;1H2/q;+1;/p-1. The van der Waals surface area contributed by atoms with Gasteiger partial charge in [0.1, 0.15) is 0 Å². The summed E-state index contributed by atoms with van der Waals surface area (Å²) in [5, 5.41) is 8.00. The molecular formula is H4NNaO2. The number of hydrogen-bond donors (Lipinski definition) is 1. The summed E-state index contributed by atoms with van der Waals surface area (Å²) in [6, 6.07) is 0. The molecule has 0 aliphatic carbocycles. The van der Waals surface area contributed by atoms with Crippen LogP contribution in [0.15, 0.2) is 0 Å². The fraction of sp³-hybridized carbons (Fsp3) is 0. The van der Waals surface area contributed by atoms with E-state index in [-0.39, 0.29) is 35.0 Å². The first-order chi connectivity index (χ1) is 1.00. The molecule has 0 aromatic heterocycles. The molecule has 4 heavy (non-hydrogen) atoms. The molecule has 0 atom stereocenters. The fourth-order valence-corrected chi connectivity index (χ4v) is 0. The molecule has 0 aromatic rings. The van der Waals surface area contributed by atoms with E-state index in [1.54, 1.807) is 0 Å². The van der Waals surface area contributed by atoms with E-state index in [2.05, 4.69) is 0 Å². The molecule has 0 aliphatic heterocycles. The van der Waals surface area contributed by atoms with Gasteiger partial charge in [-0.05, 0) is 0 Å². The number of hydrogen-bond acceptors (Lipinski definition) is 2. The molecule has 4 heteroatoms. The maximum Gasteiger partial charge on any atom is 1.00 e. The van der Waals surface area contributed by atoms with E-state index in [0.717, 1.165) is 0 Å². The van der Waals surface area contributed by atoms with Gasteiger partial charge in [0.15, 0.2) is 0 Å². The quantitative estimate of drug-likeness (QED) is 0.232. The van der Waals surface area contributed by atoms with Crippen molar-refractivity contribution in [3.63, 3.8) is 0 Å². The maximum absolute atomic E-state index is 8.00. The third kappa shape index (κ3) is 13.1. The van der Waals surface area contributed by atoms with E-state index in [0.29, 0.717) is 0 Å². The maximum atomic E-state index is 8.00. The zero-order chi connectivity index (χ0) is 2.00. The van der Waals surface area contributed by atoms with Crippen LogP contribution in [0.25, 0.3) is 0 Å². The van der Waals surface area contributed by atoms with Gasteiger partial charge in [0.25, 0.3) is 0 Å². The Hall–Kier alpha value is 0.880. The predicted octanol–water partition coefficient (Wildman–Crippen LogP) is -4.45. The van der Waals surface area contributed by atoms with Gasteiger partial charge in [-0.15, -0.1) is 0 Å². The Labute approximate surface area is 46.4 Å². The van der Waals surface area contributed by atoms with E-state index in [1.165, 1.54) is 0 Å². The predicted molar refractivity (Wildman–Crippen MR) is 8.19 cm³/mol. The van der Waals surface area contributed by atoms with Crippen molar-refractivity contribution in [2.45, 2.75) is 0 Å². The van der Waals surface area contributed by atoms with Gasteiger partial charge in [0.05, 0.1) is 0 Å². The van der Waals surface area contributed by atoms with E-state index in [4.69, 9.17) is 5.21 Å². The van der Waals surface area contributed by atoms with Gasteiger partial charge in [-0.3, -0.25) is 0 Å². The number of rotatable bonds is 0. The second-order valence-electron chi connectivity index (χ2n) is 0. The first-order valence-corrected chi connectivity index (χ1v) is 0.289. The zero-order valence-corrected chi connectivity index (χ0v) is 4.56. The van der Waals surface area contributed by atoms with Crippen molar-refractivity contribution in [2.24, 2.45) is 0 Å². The van der Waals surface area contributed by atoms with Crippen molar-refractivity contribution in [1.29, 1.82) is 0 Å². The van der Waals surface area contributed by atoms with Crippen molar-refractivity contribution in [1.82, 2.24) is 0 Å². The van der Waals surface area contributed by atoms with Crippen LogP contribution in [-0.4, -0.2) is 5.48 Å². The van der Waals surface area contributed by atoms with Gasteiger partial charge in [-0.2, -0.15) is 0 Å². The van der Waals surface area contributed by atoms with Crippen molar-refractivity contribution in [3.05, 3.63) is 5.21 Å². The van der Waals surface area contributed by atoms with Gasteiger partial charge < -0.3 is 16.6 Å². The van der Waals surface area contributed by atoms with Crippen LogP contribution in [0, 0.1) is 5.21 Å². The molecule has 0 aromatic carbocycles. The van der Waals surface area contributed by atoms with Crippen LogP contribution in [0.4, 0.5) is 0 Å². The molecular weight excluding hydrogens is 69.0 g/mol. The van der Waals surface area contributed by atoms with E-state index in [1.807, 2.05) is 5.90 Å². The normalized spacial score (nSPS) is 1.50. The van der Waals surface area contributed by atoms with Crippen LogP contribution in [0.3, 0.4) is 0 Å². The monoisotopic (exact) mass is 73.0 g/mol. The minimum Gasteiger partial charge on any atom is -0.870 e. The summed E-state index contributed by atoms with van der Waals surface area (Å²) in [5.41, 5.74) is 0. The van der Waals surface area contributed by atoms with Crippen molar-refractivity contribution >= 4 is 0 Å². The minimum atomic E-state index is 0. The summed E-state index contributed by atoms with van der Waals surface area (Å²) in [6.07, 6.45) is 0. The molecule has 0 rings (SSSR count). The second-order valence-corrected chi connectivity index (χ2v) is 0. The molecule has 0 spiro atoms. The smallest absolute Gasteiger partial charge is 0.870 e. The molecule has 4 N–H and O–H groups in total. The molecule has 0 aliphatic rings. The Bertz CT molecular complexity index is 6.00. The summed E-state index contributed by atoms with van der Waals surface area (Å²) in [5.74, 6) is 2.00. The van der Waals surface area contributed by atoms with Gasteiger partial charge in [-0.1, -0.05) is 0 Å². The number of quaternary nitrogens is 1. The molecule has 22 valence electrons. The molecule has 0 amide bonds. The van der Waals surface area contributed by atoms with Crippen LogP contribution in [0.2, 0.25) is 0 Å². The minimum absolute atomic E-state index is 0. The van der Waals surface area contributed by atoms with Gasteiger partial charge >= 0.3 is 29.6 Å². The Kier molecular flexibility index (Phi) is 216. The SMILES string of the molecule is [NH3+][O-].[Na+].[OH-]. The molecule has 0 saturated heterocycles. The average molecular weight is 73.0 g/mol. The first kappa shape index (κ1) is 20.8. The summed E-state index contributed by atoms with van der Waals surface area (Å²) < 4.78 is 0.